The van der Waals surface area contributed by atoms with Crippen molar-refractivity contribution < 1.29 is 12.3 Å². The third-order valence-corrected chi connectivity index (χ3v) is 1.66. The number of amides is 1. The molecule has 3 heteroatoms. The first-order valence-electron chi connectivity index (χ1n) is 4.64. The summed E-state index contributed by atoms with van der Waals surface area (Å²) in [6.07, 6.45) is -0.719. The quantitative estimate of drug-likeness (QED) is 0.684. The van der Waals surface area contributed by atoms with Crippen LogP contribution in [0.25, 0.3) is 0 Å². The molecule has 1 aromatic rings. The van der Waals surface area contributed by atoms with Gasteiger partial charge in [-0.25, -0.2) is 4.79 Å². The molecule has 1 amide bonds. The van der Waals surface area contributed by atoms with Crippen LogP contribution in [0.3, 0.4) is 0 Å². The zero-order chi connectivity index (χ0) is 10.2. The lowest BCUT2D eigenvalue weighted by atomic mass is 10.1. The Kier molecular flexibility index (Phi) is 1.23. The van der Waals surface area contributed by atoms with Crippen molar-refractivity contribution in [1.82, 2.24) is 5.32 Å². The minimum absolute atomic E-state index is 0.698. The van der Waals surface area contributed by atoms with Crippen molar-refractivity contribution in [2.75, 3.05) is 6.56 Å². The second-order valence-corrected chi connectivity index (χ2v) is 2.50. The van der Waals surface area contributed by atoms with E-state index in [9.17, 15) is 4.79 Å². The number of ether oxygens (including phenoxy) is 1. The molecular formula is C9H9NO2. The highest BCUT2D eigenvalue weighted by Gasteiger charge is 2.22. The van der Waals surface area contributed by atoms with Crippen molar-refractivity contribution in [3.05, 3.63) is 35.9 Å². The summed E-state index contributed by atoms with van der Waals surface area (Å²) in [7, 11) is 0. The van der Waals surface area contributed by atoms with E-state index >= 15 is 0 Å². The average molecular weight is 165 g/mol. The van der Waals surface area contributed by atoms with E-state index in [2.05, 4.69) is 10.1 Å². The molecule has 1 aliphatic rings. The van der Waals surface area contributed by atoms with E-state index in [1.807, 2.05) is 6.07 Å². The summed E-state index contributed by atoms with van der Waals surface area (Å²) in [5.41, 5.74) is 0.698. The van der Waals surface area contributed by atoms with Crippen LogP contribution in [0.2, 0.25) is 0 Å². The highest BCUT2D eigenvalue weighted by atomic mass is 16.6. The van der Waals surface area contributed by atoms with Crippen molar-refractivity contribution in [3.63, 3.8) is 0 Å². The van der Waals surface area contributed by atoms with E-state index in [1.54, 1.807) is 24.3 Å². The molecule has 12 heavy (non-hydrogen) atoms. The molecule has 1 atom stereocenters. The first kappa shape index (κ1) is 5.19. The van der Waals surface area contributed by atoms with E-state index < -0.39 is 18.7 Å². The Morgan fingerprint density at radius 3 is 2.83 bits per heavy atom. The number of rotatable bonds is 1. The number of hydrogen-bond donors (Lipinski definition) is 1. The Morgan fingerprint density at radius 1 is 1.50 bits per heavy atom. The molecule has 1 N–H and O–H groups in total. The Balaban J connectivity index is 2.32. The largest absolute Gasteiger partial charge is 0.447 e. The van der Waals surface area contributed by atoms with Crippen LogP contribution < -0.4 is 5.32 Å². The van der Waals surface area contributed by atoms with Gasteiger partial charge in [0.25, 0.3) is 0 Å². The van der Waals surface area contributed by atoms with Crippen LogP contribution in [0.4, 0.5) is 4.79 Å². The fourth-order valence-electron chi connectivity index (χ4n) is 1.09. The Bertz CT molecular complexity index is 353. The normalized spacial score (nSPS) is 28.3. The number of alkyl carbamates (subject to hydrolysis) is 1. The van der Waals surface area contributed by atoms with Gasteiger partial charge in [0.15, 0.2) is 0 Å². The summed E-state index contributed by atoms with van der Waals surface area (Å²) in [6, 6.07) is 8.17. The molecule has 0 spiro atoms. The monoisotopic (exact) mass is 165 g/mol. The lowest BCUT2D eigenvalue weighted by molar-refractivity contribution is 0.177. The molecular weight excluding hydrogens is 154 g/mol. The predicted molar refractivity (Wildman–Crippen MR) is 43.7 cm³/mol. The van der Waals surface area contributed by atoms with Gasteiger partial charge in [0.2, 0.25) is 0 Å². The molecule has 62 valence electrons. The van der Waals surface area contributed by atoms with Gasteiger partial charge in [-0.15, -0.1) is 0 Å². The standard InChI is InChI=1S/C9H9NO2/c11-9-10-8(6-12-9)7-4-2-1-3-5-7/h1-5,8H,6H2,(H,10,11)/i6D2. The van der Waals surface area contributed by atoms with Crippen molar-refractivity contribution in [1.29, 1.82) is 0 Å². The van der Waals surface area contributed by atoms with Crippen LogP contribution in [0.1, 0.15) is 14.3 Å². The summed E-state index contributed by atoms with van der Waals surface area (Å²) in [5.74, 6) is 0. The Morgan fingerprint density at radius 2 is 2.25 bits per heavy atom. The second kappa shape index (κ2) is 2.85. The van der Waals surface area contributed by atoms with Gasteiger partial charge in [-0.05, 0) is 5.56 Å². The van der Waals surface area contributed by atoms with Crippen molar-refractivity contribution >= 4 is 6.09 Å². The zero-order valence-corrected chi connectivity index (χ0v) is 6.28. The molecule has 1 fully saturated rings. The van der Waals surface area contributed by atoms with Crippen LogP contribution in [-0.2, 0) is 4.74 Å². The Hall–Kier alpha value is -1.51. The van der Waals surface area contributed by atoms with Crippen molar-refractivity contribution in [2.24, 2.45) is 0 Å². The summed E-state index contributed by atoms with van der Waals surface area (Å²) >= 11 is 0. The fourth-order valence-corrected chi connectivity index (χ4v) is 1.09. The molecule has 1 aromatic carbocycles. The molecule has 1 saturated heterocycles. The van der Waals surface area contributed by atoms with Gasteiger partial charge < -0.3 is 10.1 Å². The van der Waals surface area contributed by atoms with Gasteiger partial charge in [0.1, 0.15) is 6.56 Å². The number of benzene rings is 1. The van der Waals surface area contributed by atoms with E-state index in [4.69, 9.17) is 2.74 Å². The molecule has 0 bridgehead atoms. The topological polar surface area (TPSA) is 38.3 Å². The lowest BCUT2D eigenvalue weighted by Crippen LogP contribution is -2.17. The van der Waals surface area contributed by atoms with Gasteiger partial charge in [0, 0.05) is 0 Å². The molecule has 1 heterocycles. The SMILES string of the molecule is [2H]C1([2H])OC(=O)NC1c1ccccc1. The molecule has 1 aliphatic heterocycles. The van der Waals surface area contributed by atoms with Gasteiger partial charge in [-0.2, -0.15) is 0 Å². The maximum atomic E-state index is 10.9. The number of carbonyl (C=O) groups excluding carboxylic acids is 1. The predicted octanol–water partition coefficient (Wildman–Crippen LogP) is 1.47. The van der Waals surface area contributed by atoms with E-state index in [0.29, 0.717) is 5.56 Å². The molecule has 1 unspecified atom stereocenters. The molecule has 0 radical (unpaired) electrons. The lowest BCUT2D eigenvalue weighted by Gasteiger charge is -2.05. The smallest absolute Gasteiger partial charge is 0.407 e. The highest BCUT2D eigenvalue weighted by Crippen LogP contribution is 2.16. The molecule has 0 aromatic heterocycles. The fraction of sp³-hybridized carbons (Fsp3) is 0.222. The number of nitrogens with one attached hydrogen (secondary N) is 1. The van der Waals surface area contributed by atoms with Crippen molar-refractivity contribution in [2.45, 2.75) is 6.04 Å². The van der Waals surface area contributed by atoms with Crippen LogP contribution in [0.15, 0.2) is 30.3 Å². The van der Waals surface area contributed by atoms with Crippen LogP contribution in [0, 0.1) is 0 Å². The number of cyclic esters (lactones) is 1. The first-order chi connectivity index (χ1) is 6.59. The van der Waals surface area contributed by atoms with E-state index in [-0.39, 0.29) is 0 Å². The summed E-state index contributed by atoms with van der Waals surface area (Å²) in [4.78, 5) is 10.9. The van der Waals surface area contributed by atoms with Gasteiger partial charge in [-0.1, -0.05) is 30.3 Å². The second-order valence-electron chi connectivity index (χ2n) is 2.50. The number of hydrogen-bond acceptors (Lipinski definition) is 2. The third kappa shape index (κ3) is 1.25. The molecule has 3 nitrogen and oxygen atoms in total. The van der Waals surface area contributed by atoms with Crippen LogP contribution in [-0.4, -0.2) is 12.7 Å². The Labute approximate surface area is 73.2 Å². The van der Waals surface area contributed by atoms with Gasteiger partial charge in [-0.3, -0.25) is 0 Å². The third-order valence-electron chi connectivity index (χ3n) is 1.66. The maximum absolute atomic E-state index is 10.9. The van der Waals surface area contributed by atoms with Gasteiger partial charge >= 0.3 is 6.09 Å². The van der Waals surface area contributed by atoms with E-state index in [0.717, 1.165) is 0 Å². The molecule has 0 aliphatic carbocycles. The zero-order valence-electron chi connectivity index (χ0n) is 8.28. The number of carbonyl (C=O) groups is 1. The van der Waals surface area contributed by atoms with Gasteiger partial charge in [0.05, 0.1) is 8.78 Å². The summed E-state index contributed by atoms with van der Waals surface area (Å²) < 4.78 is 19.4. The van der Waals surface area contributed by atoms with Crippen molar-refractivity contribution in [3.8, 4) is 0 Å². The van der Waals surface area contributed by atoms with Crippen LogP contribution >= 0.6 is 0 Å². The minimum atomic E-state index is -1.97. The summed E-state index contributed by atoms with van der Waals surface area (Å²) in [5, 5.41) is 2.42. The highest BCUT2D eigenvalue weighted by molar-refractivity contribution is 5.70. The molecule has 2 rings (SSSR count). The maximum Gasteiger partial charge on any atom is 0.407 e. The van der Waals surface area contributed by atoms with Crippen LogP contribution in [0.5, 0.6) is 0 Å². The first-order valence-corrected chi connectivity index (χ1v) is 3.64. The van der Waals surface area contributed by atoms with E-state index in [1.165, 1.54) is 0 Å². The molecule has 0 saturated carbocycles. The summed E-state index contributed by atoms with van der Waals surface area (Å²) in [6.45, 7) is -1.97. The average Bonchev–Trinajstić information content (AvgIpc) is 2.41. The minimum Gasteiger partial charge on any atom is -0.447 e.